The molecule has 5 nitrogen and oxygen atoms in total. The van der Waals surface area contributed by atoms with Gasteiger partial charge in [-0.2, -0.15) is 0 Å². The van der Waals surface area contributed by atoms with E-state index in [1.165, 1.54) is 18.0 Å². The second-order valence-corrected chi connectivity index (χ2v) is 9.60. The van der Waals surface area contributed by atoms with Gasteiger partial charge in [0, 0.05) is 29.5 Å². The van der Waals surface area contributed by atoms with Crippen LogP contribution in [0.25, 0.3) is 0 Å². The maximum Gasteiger partial charge on any atom is 0.251 e. The molecule has 3 rings (SSSR count). The highest BCUT2D eigenvalue weighted by molar-refractivity contribution is 7.99. The lowest BCUT2D eigenvalue weighted by atomic mass is 10.1. The highest BCUT2D eigenvalue weighted by atomic mass is 32.2. The van der Waals surface area contributed by atoms with Crippen molar-refractivity contribution in [3.63, 3.8) is 0 Å². The molecule has 144 valence electrons. The molecule has 0 aliphatic rings. The van der Waals surface area contributed by atoms with Gasteiger partial charge in [-0.3, -0.25) is 4.79 Å². The summed E-state index contributed by atoms with van der Waals surface area (Å²) in [5, 5.41) is 3.78. The Hall–Kier alpha value is -2.64. The number of carbonyl (C=O) groups is 1. The van der Waals surface area contributed by atoms with E-state index in [4.69, 9.17) is 0 Å². The first kappa shape index (κ1) is 20.1. The zero-order valence-corrected chi connectivity index (χ0v) is 17.0. The van der Waals surface area contributed by atoms with Crippen LogP contribution in [0.4, 0.5) is 0 Å². The van der Waals surface area contributed by atoms with Gasteiger partial charge in [0.05, 0.1) is 5.75 Å². The van der Waals surface area contributed by atoms with Crippen LogP contribution in [0.2, 0.25) is 0 Å². The molecule has 0 unspecified atom stereocenters. The van der Waals surface area contributed by atoms with Crippen LogP contribution in [0.5, 0.6) is 0 Å². The third-order valence-electron chi connectivity index (χ3n) is 3.88. The number of hydrogen-bond donors (Lipinski definition) is 1. The summed E-state index contributed by atoms with van der Waals surface area (Å²) in [5.41, 5.74) is 2.23. The molecular weight excluding hydrogens is 392 g/mol. The first-order valence-corrected chi connectivity index (χ1v) is 11.5. The predicted octanol–water partition coefficient (Wildman–Crippen LogP) is 3.71. The number of nitrogens with one attached hydrogen (secondary N) is 1. The number of hydrogen-bond acceptors (Lipinski definition) is 5. The van der Waals surface area contributed by atoms with Crippen molar-refractivity contribution in [1.29, 1.82) is 0 Å². The molecule has 7 heteroatoms. The van der Waals surface area contributed by atoms with Crippen LogP contribution in [0, 0.1) is 0 Å². The molecule has 0 spiro atoms. The van der Waals surface area contributed by atoms with E-state index in [0.29, 0.717) is 12.1 Å². The highest BCUT2D eigenvalue weighted by Gasteiger charge is 2.07. The third-order valence-corrected chi connectivity index (χ3v) is 5.70. The summed E-state index contributed by atoms with van der Waals surface area (Å²) in [5.74, 6) is -0.141. The molecule has 3 aromatic rings. The molecule has 0 radical (unpaired) electrons. The maximum atomic E-state index is 12.3. The fraction of sp³-hybridized carbons (Fsp3) is 0.143. The first-order chi connectivity index (χ1) is 13.4. The van der Waals surface area contributed by atoms with Crippen molar-refractivity contribution in [1.82, 2.24) is 10.3 Å². The zero-order chi connectivity index (χ0) is 20.0. The van der Waals surface area contributed by atoms with E-state index in [-0.39, 0.29) is 11.7 Å². The minimum Gasteiger partial charge on any atom is -0.348 e. The molecular formula is C21H20N2O3S2. The number of nitrogens with zero attached hydrogens (tertiary/aromatic N) is 1. The average molecular weight is 413 g/mol. The number of carbonyl (C=O) groups excluding carboxylic acids is 1. The standard InChI is InChI=1S/C21H20N2O3S2/c1-28(25,26)15-17-7-5-16(6-8-17)14-23-21(24)18-9-11-19(12-10-18)27-20-4-2-3-13-22-20/h2-13H,14-15H2,1H3,(H,23,24). The van der Waals surface area contributed by atoms with E-state index in [1.807, 2.05) is 42.5 Å². The average Bonchev–Trinajstić information content (AvgIpc) is 2.67. The van der Waals surface area contributed by atoms with Crippen molar-refractivity contribution < 1.29 is 13.2 Å². The summed E-state index contributed by atoms with van der Waals surface area (Å²) in [4.78, 5) is 17.6. The van der Waals surface area contributed by atoms with Crippen LogP contribution < -0.4 is 5.32 Å². The van der Waals surface area contributed by atoms with Gasteiger partial charge in [0.25, 0.3) is 5.91 Å². The minimum atomic E-state index is -3.05. The lowest BCUT2D eigenvalue weighted by molar-refractivity contribution is 0.0951. The van der Waals surface area contributed by atoms with Gasteiger partial charge in [0.2, 0.25) is 0 Å². The number of benzene rings is 2. The van der Waals surface area contributed by atoms with E-state index in [2.05, 4.69) is 10.3 Å². The molecule has 1 N–H and O–H groups in total. The van der Waals surface area contributed by atoms with Crippen LogP contribution in [-0.2, 0) is 22.1 Å². The number of sulfone groups is 1. The van der Waals surface area contributed by atoms with Crippen LogP contribution >= 0.6 is 11.8 Å². The Bertz CT molecular complexity index is 1030. The Morgan fingerprint density at radius 2 is 1.64 bits per heavy atom. The van der Waals surface area contributed by atoms with Crippen LogP contribution in [0.1, 0.15) is 21.5 Å². The Balaban J connectivity index is 1.54. The summed E-state index contributed by atoms with van der Waals surface area (Å²) in [7, 11) is -3.05. The van der Waals surface area contributed by atoms with Gasteiger partial charge in [-0.1, -0.05) is 42.1 Å². The summed E-state index contributed by atoms with van der Waals surface area (Å²) in [6, 6.07) is 20.3. The van der Waals surface area contributed by atoms with Gasteiger partial charge in [0.15, 0.2) is 9.84 Å². The zero-order valence-electron chi connectivity index (χ0n) is 15.3. The molecule has 28 heavy (non-hydrogen) atoms. The van der Waals surface area contributed by atoms with Crippen molar-refractivity contribution in [2.24, 2.45) is 0 Å². The molecule has 0 saturated heterocycles. The second kappa shape index (κ2) is 9.03. The molecule has 1 aromatic heterocycles. The largest absolute Gasteiger partial charge is 0.348 e. The summed E-state index contributed by atoms with van der Waals surface area (Å²) < 4.78 is 22.6. The van der Waals surface area contributed by atoms with Gasteiger partial charge < -0.3 is 5.32 Å². The smallest absolute Gasteiger partial charge is 0.251 e. The molecule has 0 atom stereocenters. The second-order valence-electron chi connectivity index (χ2n) is 6.36. The van der Waals surface area contributed by atoms with E-state index in [9.17, 15) is 13.2 Å². The lowest BCUT2D eigenvalue weighted by Gasteiger charge is -2.07. The van der Waals surface area contributed by atoms with Crippen molar-refractivity contribution in [2.75, 3.05) is 6.26 Å². The Kier molecular flexibility index (Phi) is 6.49. The van der Waals surface area contributed by atoms with E-state index >= 15 is 0 Å². The van der Waals surface area contributed by atoms with Gasteiger partial charge in [0.1, 0.15) is 5.03 Å². The van der Waals surface area contributed by atoms with Crippen LogP contribution in [-0.4, -0.2) is 25.6 Å². The molecule has 1 heterocycles. The van der Waals surface area contributed by atoms with Crippen LogP contribution in [0.3, 0.4) is 0 Å². The van der Waals surface area contributed by atoms with Crippen molar-refractivity contribution >= 4 is 27.5 Å². The van der Waals surface area contributed by atoms with E-state index in [1.54, 1.807) is 30.5 Å². The maximum absolute atomic E-state index is 12.3. The summed E-state index contributed by atoms with van der Waals surface area (Å²) in [6.07, 6.45) is 2.96. The molecule has 0 fully saturated rings. The summed E-state index contributed by atoms with van der Waals surface area (Å²) >= 11 is 1.54. The molecule has 0 aliphatic heterocycles. The Morgan fingerprint density at radius 3 is 2.25 bits per heavy atom. The minimum absolute atomic E-state index is 0.0164. The molecule has 0 bridgehead atoms. The lowest BCUT2D eigenvalue weighted by Crippen LogP contribution is -2.22. The van der Waals surface area contributed by atoms with Crippen LogP contribution in [0.15, 0.2) is 82.8 Å². The number of aromatic nitrogens is 1. The molecule has 0 saturated carbocycles. The van der Waals surface area contributed by atoms with E-state index in [0.717, 1.165) is 21.0 Å². The van der Waals surface area contributed by atoms with Crippen molar-refractivity contribution in [3.05, 3.63) is 89.6 Å². The van der Waals surface area contributed by atoms with Gasteiger partial charge in [-0.05, 0) is 47.5 Å². The van der Waals surface area contributed by atoms with Crippen molar-refractivity contribution in [2.45, 2.75) is 22.2 Å². The quantitative estimate of drug-likeness (QED) is 0.640. The monoisotopic (exact) mass is 412 g/mol. The Labute approximate surface area is 169 Å². The first-order valence-electron chi connectivity index (χ1n) is 8.62. The number of rotatable bonds is 7. The van der Waals surface area contributed by atoms with Gasteiger partial charge in [-0.15, -0.1) is 0 Å². The number of pyridine rings is 1. The highest BCUT2D eigenvalue weighted by Crippen LogP contribution is 2.25. The molecule has 0 aliphatic carbocycles. The normalized spacial score (nSPS) is 11.2. The summed E-state index contributed by atoms with van der Waals surface area (Å²) in [6.45, 7) is 0.377. The Morgan fingerprint density at radius 1 is 0.964 bits per heavy atom. The third kappa shape index (κ3) is 6.21. The predicted molar refractivity (Wildman–Crippen MR) is 111 cm³/mol. The molecule has 1 amide bonds. The van der Waals surface area contributed by atoms with E-state index < -0.39 is 9.84 Å². The number of amides is 1. The molecule has 2 aromatic carbocycles. The van der Waals surface area contributed by atoms with Gasteiger partial charge in [-0.25, -0.2) is 13.4 Å². The fourth-order valence-corrected chi connectivity index (χ4v) is 4.11. The van der Waals surface area contributed by atoms with Gasteiger partial charge >= 0.3 is 0 Å². The topological polar surface area (TPSA) is 76.1 Å². The fourth-order valence-electron chi connectivity index (χ4n) is 2.54. The van der Waals surface area contributed by atoms with Crippen molar-refractivity contribution in [3.8, 4) is 0 Å². The SMILES string of the molecule is CS(=O)(=O)Cc1ccc(CNC(=O)c2ccc(Sc3ccccn3)cc2)cc1.